The number of aliphatic hydroxyl groups excluding tert-OH is 1. The fraction of sp³-hybridized carbons (Fsp3) is 0.188. The van der Waals surface area contributed by atoms with Gasteiger partial charge in [-0.1, -0.05) is 0 Å². The van der Waals surface area contributed by atoms with Gasteiger partial charge in [0.15, 0.2) is 5.69 Å². The summed E-state index contributed by atoms with van der Waals surface area (Å²) in [5.74, 6) is 0. The Labute approximate surface area is 160 Å². The molecule has 3 rings (SSSR count). The first kappa shape index (κ1) is 18.7. The van der Waals surface area contributed by atoms with E-state index in [0.29, 0.717) is 11.3 Å². The molecule has 0 spiro atoms. The van der Waals surface area contributed by atoms with Crippen LogP contribution in [0.4, 0.5) is 17.1 Å². The molecule has 10 nitrogen and oxygen atoms in total. The lowest BCUT2D eigenvalue weighted by molar-refractivity contribution is -0.392. The van der Waals surface area contributed by atoms with Crippen molar-refractivity contribution in [2.75, 3.05) is 5.32 Å². The van der Waals surface area contributed by atoms with Crippen LogP contribution in [0.1, 0.15) is 16.8 Å². The van der Waals surface area contributed by atoms with E-state index in [1.165, 1.54) is 6.92 Å². The van der Waals surface area contributed by atoms with Crippen molar-refractivity contribution in [3.63, 3.8) is 0 Å². The Morgan fingerprint density at radius 1 is 1.26 bits per heavy atom. The quantitative estimate of drug-likeness (QED) is 0.447. The van der Waals surface area contributed by atoms with Crippen LogP contribution in [0.15, 0.2) is 35.1 Å². The van der Waals surface area contributed by atoms with Gasteiger partial charge in [-0.25, -0.2) is 4.98 Å². The summed E-state index contributed by atoms with van der Waals surface area (Å²) in [5, 5.41) is 35.0. The number of imidazole rings is 1. The van der Waals surface area contributed by atoms with Gasteiger partial charge in [-0.2, -0.15) is 0 Å². The van der Waals surface area contributed by atoms with Gasteiger partial charge in [-0.05, 0) is 40.5 Å². The van der Waals surface area contributed by atoms with Crippen LogP contribution in [-0.2, 0) is 13.2 Å². The lowest BCUT2D eigenvalue weighted by Gasteiger charge is -2.11. The van der Waals surface area contributed by atoms with E-state index in [4.69, 9.17) is 0 Å². The average molecular weight is 436 g/mol. The predicted octanol–water partition coefficient (Wildman–Crippen LogP) is 3.33. The van der Waals surface area contributed by atoms with Crippen LogP contribution in [0.25, 0.3) is 5.65 Å². The molecule has 0 aliphatic rings. The number of fused-ring (bicyclic) bond motifs is 1. The Kier molecular flexibility index (Phi) is 5.06. The number of aliphatic hydroxyl groups is 1. The number of hydrogen-bond acceptors (Lipinski definition) is 7. The first-order chi connectivity index (χ1) is 12.8. The third-order valence-electron chi connectivity index (χ3n) is 4.10. The Morgan fingerprint density at radius 2 is 2.00 bits per heavy atom. The molecule has 11 heteroatoms. The third-order valence-corrected chi connectivity index (χ3v) is 4.57. The van der Waals surface area contributed by atoms with Crippen LogP contribution >= 0.6 is 15.9 Å². The Hall–Kier alpha value is -3.05. The minimum absolute atomic E-state index is 0.0545. The predicted molar refractivity (Wildman–Crippen MR) is 101 cm³/mol. The van der Waals surface area contributed by atoms with E-state index >= 15 is 0 Å². The summed E-state index contributed by atoms with van der Waals surface area (Å²) in [6.45, 7) is 0.967. The molecule has 0 unspecified atom stereocenters. The maximum Gasteiger partial charge on any atom is 0.302 e. The smallest absolute Gasteiger partial charge is 0.302 e. The standard InChI is InChI=1S/C16H14BrN5O5/c1-9-10(8-23)4-13(21(24)25)15(16(9)22(26)27)18-5-12-7-20-6-11(17)2-3-14(20)19-12/h2-4,6-7,18,23H,5,8H2,1H3. The molecule has 1 aromatic carbocycles. The minimum Gasteiger partial charge on any atom is -0.392 e. The van der Waals surface area contributed by atoms with Gasteiger partial charge in [-0.15, -0.1) is 0 Å². The molecule has 0 aliphatic carbocycles. The van der Waals surface area contributed by atoms with Gasteiger partial charge in [0.2, 0.25) is 0 Å². The number of anilines is 1. The highest BCUT2D eigenvalue weighted by atomic mass is 79.9. The van der Waals surface area contributed by atoms with Crippen molar-refractivity contribution in [3.05, 3.63) is 72.1 Å². The number of hydrogen-bond donors (Lipinski definition) is 2. The van der Waals surface area contributed by atoms with Gasteiger partial charge in [0, 0.05) is 28.5 Å². The molecule has 2 N–H and O–H groups in total. The molecule has 0 saturated heterocycles. The first-order valence-electron chi connectivity index (χ1n) is 7.75. The number of nitro groups is 2. The maximum atomic E-state index is 11.5. The highest BCUT2D eigenvalue weighted by Crippen LogP contribution is 2.39. The van der Waals surface area contributed by atoms with E-state index in [1.54, 1.807) is 22.9 Å². The van der Waals surface area contributed by atoms with E-state index in [-0.39, 0.29) is 23.4 Å². The zero-order valence-electron chi connectivity index (χ0n) is 14.0. The molecular formula is C16H14BrN5O5. The van der Waals surface area contributed by atoms with Crippen molar-refractivity contribution < 1.29 is 15.0 Å². The highest BCUT2D eigenvalue weighted by Gasteiger charge is 2.30. The molecule has 27 heavy (non-hydrogen) atoms. The van der Waals surface area contributed by atoms with E-state index < -0.39 is 27.8 Å². The zero-order valence-corrected chi connectivity index (χ0v) is 15.6. The molecular weight excluding hydrogens is 422 g/mol. The van der Waals surface area contributed by atoms with Crippen molar-refractivity contribution in [2.24, 2.45) is 0 Å². The Bertz CT molecular complexity index is 1070. The topological polar surface area (TPSA) is 136 Å². The van der Waals surface area contributed by atoms with Crippen molar-refractivity contribution in [1.29, 1.82) is 0 Å². The number of aromatic nitrogens is 2. The summed E-state index contributed by atoms with van der Waals surface area (Å²) in [7, 11) is 0. The summed E-state index contributed by atoms with van der Waals surface area (Å²) in [6.07, 6.45) is 3.52. The van der Waals surface area contributed by atoms with E-state index in [9.17, 15) is 25.3 Å². The second-order valence-corrected chi connectivity index (χ2v) is 6.69. The van der Waals surface area contributed by atoms with Crippen LogP contribution in [0.3, 0.4) is 0 Å². The molecule has 0 amide bonds. The summed E-state index contributed by atoms with van der Waals surface area (Å²) >= 11 is 3.36. The highest BCUT2D eigenvalue weighted by molar-refractivity contribution is 9.10. The monoisotopic (exact) mass is 435 g/mol. The second-order valence-electron chi connectivity index (χ2n) is 5.77. The summed E-state index contributed by atoms with van der Waals surface area (Å²) in [6, 6.07) is 4.76. The molecule has 0 radical (unpaired) electrons. The first-order valence-corrected chi connectivity index (χ1v) is 8.54. The SMILES string of the molecule is Cc1c(CO)cc([N+](=O)[O-])c(NCc2cn3cc(Br)ccc3n2)c1[N+](=O)[O-]. The van der Waals surface area contributed by atoms with Gasteiger partial charge in [-0.3, -0.25) is 20.2 Å². The maximum absolute atomic E-state index is 11.5. The lowest BCUT2D eigenvalue weighted by Crippen LogP contribution is -2.09. The second kappa shape index (κ2) is 7.29. The fourth-order valence-electron chi connectivity index (χ4n) is 2.80. The van der Waals surface area contributed by atoms with Crippen LogP contribution in [-0.4, -0.2) is 24.3 Å². The number of pyridine rings is 1. The minimum atomic E-state index is -0.714. The zero-order chi connectivity index (χ0) is 19.7. The van der Waals surface area contributed by atoms with E-state index in [0.717, 1.165) is 10.5 Å². The van der Waals surface area contributed by atoms with Crippen molar-refractivity contribution in [1.82, 2.24) is 9.38 Å². The molecule has 0 atom stereocenters. The van der Waals surface area contributed by atoms with Crippen molar-refractivity contribution >= 4 is 38.6 Å². The van der Waals surface area contributed by atoms with E-state index in [2.05, 4.69) is 26.2 Å². The largest absolute Gasteiger partial charge is 0.392 e. The molecule has 0 bridgehead atoms. The van der Waals surface area contributed by atoms with Crippen molar-refractivity contribution in [2.45, 2.75) is 20.1 Å². The number of benzene rings is 1. The van der Waals surface area contributed by atoms with Gasteiger partial charge >= 0.3 is 5.69 Å². The van der Waals surface area contributed by atoms with Crippen LogP contribution in [0, 0.1) is 27.2 Å². The van der Waals surface area contributed by atoms with Crippen LogP contribution < -0.4 is 5.32 Å². The molecule has 3 aromatic rings. The van der Waals surface area contributed by atoms with Crippen molar-refractivity contribution in [3.8, 4) is 0 Å². The fourth-order valence-corrected chi connectivity index (χ4v) is 3.15. The van der Waals surface area contributed by atoms with Crippen LogP contribution in [0.2, 0.25) is 0 Å². The third kappa shape index (κ3) is 3.59. The van der Waals surface area contributed by atoms with Gasteiger partial charge in [0.1, 0.15) is 5.65 Å². The summed E-state index contributed by atoms with van der Waals surface area (Å²) < 4.78 is 2.62. The number of nitrogens with one attached hydrogen (secondary N) is 1. The molecule has 2 aromatic heterocycles. The van der Waals surface area contributed by atoms with E-state index in [1.807, 2.05) is 6.07 Å². The Morgan fingerprint density at radius 3 is 2.63 bits per heavy atom. The van der Waals surface area contributed by atoms with Gasteiger partial charge < -0.3 is 14.8 Å². The molecule has 0 aliphatic heterocycles. The van der Waals surface area contributed by atoms with Gasteiger partial charge in [0.05, 0.1) is 28.7 Å². The molecule has 0 saturated carbocycles. The number of halogens is 1. The molecule has 2 heterocycles. The molecule has 0 fully saturated rings. The molecule has 140 valence electrons. The average Bonchev–Trinajstić information content (AvgIpc) is 3.01. The normalized spacial score (nSPS) is 10.9. The lowest BCUT2D eigenvalue weighted by atomic mass is 10.0. The van der Waals surface area contributed by atoms with Crippen LogP contribution in [0.5, 0.6) is 0 Å². The number of nitro benzene ring substituents is 2. The summed E-state index contributed by atoms with van der Waals surface area (Å²) in [5.41, 5.74) is 0.429. The Balaban J connectivity index is 2.02. The number of nitrogens with zero attached hydrogens (tertiary/aromatic N) is 4. The van der Waals surface area contributed by atoms with Gasteiger partial charge in [0.25, 0.3) is 5.69 Å². The number of rotatable bonds is 6. The summed E-state index contributed by atoms with van der Waals surface area (Å²) in [4.78, 5) is 25.9.